The maximum Gasteiger partial charge on any atom is 0.330 e. The number of phenolic OH excluding ortho intramolecular Hbond substituents is 1. The number of aromatic nitrogens is 2. The molecule has 0 atom stereocenters. The van der Waals surface area contributed by atoms with Crippen molar-refractivity contribution in [2.24, 2.45) is 0 Å². The van der Waals surface area contributed by atoms with Gasteiger partial charge in [0.05, 0.1) is 0 Å². The van der Waals surface area contributed by atoms with Gasteiger partial charge in [-0.15, -0.1) is 0 Å². The molecule has 1 aromatic heterocycles. The number of phenols is 1. The number of rotatable bonds is 4. The van der Waals surface area contributed by atoms with E-state index in [-0.39, 0.29) is 23.8 Å². The van der Waals surface area contributed by atoms with Gasteiger partial charge in [0.25, 0.3) is 5.56 Å². The van der Waals surface area contributed by atoms with Gasteiger partial charge >= 0.3 is 5.69 Å². The van der Waals surface area contributed by atoms with E-state index in [1.165, 1.54) is 4.57 Å². The van der Waals surface area contributed by atoms with Gasteiger partial charge in [0.1, 0.15) is 17.3 Å². The number of benzene rings is 1. The topological polar surface area (TPSA) is 113 Å². The molecule has 0 saturated carbocycles. The molecule has 20 heavy (non-hydrogen) atoms. The molecule has 0 aliphatic rings. The summed E-state index contributed by atoms with van der Waals surface area (Å²) in [5.74, 6) is 0.204. The number of anilines is 2. The number of nitrogen functional groups attached to an aromatic ring is 1. The first kappa shape index (κ1) is 13.7. The Hall–Kier alpha value is -2.70. The number of nitrogens with one attached hydrogen (secondary N) is 2. The summed E-state index contributed by atoms with van der Waals surface area (Å²) in [4.78, 5) is 25.5. The van der Waals surface area contributed by atoms with Gasteiger partial charge in [0.15, 0.2) is 0 Å². The van der Waals surface area contributed by atoms with Crippen molar-refractivity contribution in [2.45, 2.75) is 20.0 Å². The second-order valence-electron chi connectivity index (χ2n) is 4.25. The minimum Gasteiger partial charge on any atom is -0.508 e. The highest BCUT2D eigenvalue weighted by Gasteiger charge is 2.11. The Labute approximate surface area is 114 Å². The number of hydrogen-bond donors (Lipinski definition) is 4. The molecule has 0 radical (unpaired) electrons. The summed E-state index contributed by atoms with van der Waals surface area (Å²) in [6, 6.07) is 6.76. The number of nitrogens with zero attached hydrogens (tertiary/aromatic N) is 1. The summed E-state index contributed by atoms with van der Waals surface area (Å²) >= 11 is 0. The Bertz CT molecular complexity index is 733. The molecule has 0 aliphatic carbocycles. The van der Waals surface area contributed by atoms with Gasteiger partial charge in [-0.05, 0) is 13.0 Å². The smallest absolute Gasteiger partial charge is 0.330 e. The summed E-state index contributed by atoms with van der Waals surface area (Å²) in [7, 11) is 0. The van der Waals surface area contributed by atoms with E-state index in [2.05, 4.69) is 10.3 Å². The van der Waals surface area contributed by atoms with E-state index in [0.29, 0.717) is 12.1 Å². The SMILES string of the molecule is CCn1c(N)c(NCc2ccccc2O)c(=O)[nH]c1=O. The lowest BCUT2D eigenvalue weighted by atomic mass is 10.2. The zero-order chi connectivity index (χ0) is 14.7. The predicted molar refractivity (Wildman–Crippen MR) is 76.8 cm³/mol. The zero-order valence-electron chi connectivity index (χ0n) is 11.0. The number of hydrogen-bond acceptors (Lipinski definition) is 5. The van der Waals surface area contributed by atoms with Crippen molar-refractivity contribution in [3.63, 3.8) is 0 Å². The Balaban J connectivity index is 2.33. The molecular weight excluding hydrogens is 260 g/mol. The lowest BCUT2D eigenvalue weighted by Crippen LogP contribution is -2.33. The molecule has 0 bridgehead atoms. The number of aromatic hydroxyl groups is 1. The lowest BCUT2D eigenvalue weighted by Gasteiger charge is -2.12. The van der Waals surface area contributed by atoms with Crippen LogP contribution in [0, 0.1) is 0 Å². The predicted octanol–water partition coefficient (Wildman–Crippen LogP) is 0.456. The average molecular weight is 276 g/mol. The maximum atomic E-state index is 11.8. The van der Waals surface area contributed by atoms with Gasteiger partial charge in [0, 0.05) is 18.7 Å². The Kier molecular flexibility index (Phi) is 3.79. The first-order valence-electron chi connectivity index (χ1n) is 6.18. The molecule has 0 fully saturated rings. The Morgan fingerprint density at radius 1 is 1.35 bits per heavy atom. The summed E-state index contributed by atoms with van der Waals surface area (Å²) in [6.45, 7) is 2.33. The molecule has 0 amide bonds. The molecule has 0 unspecified atom stereocenters. The van der Waals surface area contributed by atoms with Crippen LogP contribution in [0.1, 0.15) is 12.5 Å². The van der Waals surface area contributed by atoms with E-state index >= 15 is 0 Å². The van der Waals surface area contributed by atoms with Crippen molar-refractivity contribution in [2.75, 3.05) is 11.1 Å². The molecule has 0 saturated heterocycles. The Morgan fingerprint density at radius 2 is 2.05 bits per heavy atom. The molecule has 7 heteroatoms. The fourth-order valence-electron chi connectivity index (χ4n) is 1.92. The summed E-state index contributed by atoms with van der Waals surface area (Å²) in [6.07, 6.45) is 0. The first-order valence-corrected chi connectivity index (χ1v) is 6.18. The van der Waals surface area contributed by atoms with Gasteiger partial charge < -0.3 is 16.2 Å². The molecule has 0 aliphatic heterocycles. The van der Waals surface area contributed by atoms with Gasteiger partial charge in [-0.2, -0.15) is 0 Å². The van der Waals surface area contributed by atoms with E-state index in [1.807, 2.05) is 0 Å². The maximum absolute atomic E-state index is 11.8. The minimum absolute atomic E-state index is 0.0803. The van der Waals surface area contributed by atoms with Crippen LogP contribution in [0.15, 0.2) is 33.9 Å². The van der Waals surface area contributed by atoms with Crippen LogP contribution in [0.4, 0.5) is 11.5 Å². The van der Waals surface area contributed by atoms with Gasteiger partial charge in [-0.25, -0.2) is 4.79 Å². The van der Waals surface area contributed by atoms with Crippen LogP contribution in [0.25, 0.3) is 0 Å². The van der Waals surface area contributed by atoms with Crippen LogP contribution >= 0.6 is 0 Å². The largest absolute Gasteiger partial charge is 0.508 e. The molecule has 2 rings (SSSR count). The normalized spacial score (nSPS) is 10.4. The van der Waals surface area contributed by atoms with Gasteiger partial charge in [0.2, 0.25) is 0 Å². The number of H-pyrrole nitrogens is 1. The fourth-order valence-corrected chi connectivity index (χ4v) is 1.92. The third-order valence-corrected chi connectivity index (χ3v) is 3.00. The summed E-state index contributed by atoms with van der Waals surface area (Å²) < 4.78 is 1.26. The van der Waals surface area contributed by atoms with E-state index in [9.17, 15) is 14.7 Å². The zero-order valence-corrected chi connectivity index (χ0v) is 11.0. The van der Waals surface area contributed by atoms with E-state index < -0.39 is 11.2 Å². The molecule has 1 heterocycles. The van der Waals surface area contributed by atoms with Crippen LogP contribution in [0.5, 0.6) is 5.75 Å². The van der Waals surface area contributed by atoms with Crippen molar-refractivity contribution >= 4 is 11.5 Å². The van der Waals surface area contributed by atoms with Gasteiger partial charge in [-0.3, -0.25) is 14.3 Å². The fraction of sp³-hybridized carbons (Fsp3) is 0.231. The minimum atomic E-state index is -0.576. The molecule has 106 valence electrons. The number of para-hydroxylation sites is 1. The second kappa shape index (κ2) is 5.52. The summed E-state index contributed by atoms with van der Waals surface area (Å²) in [5.41, 5.74) is 5.45. The second-order valence-corrected chi connectivity index (χ2v) is 4.25. The number of aromatic amines is 1. The van der Waals surface area contributed by atoms with Crippen LogP contribution in [0.3, 0.4) is 0 Å². The quantitative estimate of drug-likeness (QED) is 0.648. The number of nitrogens with two attached hydrogens (primary N) is 1. The highest BCUT2D eigenvalue weighted by molar-refractivity contribution is 5.60. The van der Waals surface area contributed by atoms with Crippen LogP contribution < -0.4 is 22.3 Å². The third-order valence-electron chi connectivity index (χ3n) is 3.00. The monoisotopic (exact) mass is 276 g/mol. The molecule has 5 N–H and O–H groups in total. The van der Waals surface area contributed by atoms with E-state index in [0.717, 1.165) is 0 Å². The van der Waals surface area contributed by atoms with Crippen LogP contribution in [0.2, 0.25) is 0 Å². The lowest BCUT2D eigenvalue weighted by molar-refractivity contribution is 0.469. The Morgan fingerprint density at radius 3 is 2.70 bits per heavy atom. The average Bonchev–Trinajstić information content (AvgIpc) is 2.40. The van der Waals surface area contributed by atoms with Crippen molar-refractivity contribution in [3.8, 4) is 5.75 Å². The molecular formula is C13H16N4O3. The molecule has 7 nitrogen and oxygen atoms in total. The van der Waals surface area contributed by atoms with E-state index in [1.54, 1.807) is 31.2 Å². The molecule has 0 spiro atoms. The highest BCUT2D eigenvalue weighted by atomic mass is 16.3. The summed E-state index contributed by atoms with van der Waals surface area (Å²) in [5, 5.41) is 12.5. The van der Waals surface area contributed by atoms with Crippen LogP contribution in [-0.2, 0) is 13.1 Å². The highest BCUT2D eigenvalue weighted by Crippen LogP contribution is 2.18. The van der Waals surface area contributed by atoms with E-state index in [4.69, 9.17) is 5.73 Å². The van der Waals surface area contributed by atoms with Crippen molar-refractivity contribution in [1.29, 1.82) is 0 Å². The standard InChI is InChI=1S/C13H16N4O3/c1-2-17-11(14)10(12(19)16-13(17)20)15-7-8-5-3-4-6-9(8)18/h3-6,15,18H,2,7,14H2,1H3,(H,16,19,20). The van der Waals surface area contributed by atoms with Crippen molar-refractivity contribution < 1.29 is 5.11 Å². The molecule has 1 aromatic carbocycles. The van der Waals surface area contributed by atoms with Gasteiger partial charge in [-0.1, -0.05) is 18.2 Å². The molecule has 2 aromatic rings. The van der Waals surface area contributed by atoms with Crippen molar-refractivity contribution in [3.05, 3.63) is 50.7 Å². The first-order chi connectivity index (χ1) is 9.54. The van der Waals surface area contributed by atoms with Crippen LogP contribution in [-0.4, -0.2) is 14.7 Å². The third kappa shape index (κ3) is 2.51. The van der Waals surface area contributed by atoms with Crippen molar-refractivity contribution in [1.82, 2.24) is 9.55 Å².